The highest BCUT2D eigenvalue weighted by atomic mass is 32.1. The molecule has 2 aromatic heterocycles. The highest BCUT2D eigenvalue weighted by molar-refractivity contribution is 7.17. The summed E-state index contributed by atoms with van der Waals surface area (Å²) in [5.41, 5.74) is 2.00. The second kappa shape index (κ2) is 11.5. The van der Waals surface area contributed by atoms with Gasteiger partial charge in [0.1, 0.15) is 17.8 Å². The van der Waals surface area contributed by atoms with Crippen LogP contribution in [0.4, 0.5) is 10.5 Å². The zero-order chi connectivity index (χ0) is 27.3. The van der Waals surface area contributed by atoms with Gasteiger partial charge in [0.05, 0.1) is 23.4 Å². The maximum absolute atomic E-state index is 13.7. The van der Waals surface area contributed by atoms with Gasteiger partial charge in [0, 0.05) is 5.69 Å². The molecular weight excluding hydrogens is 504 g/mol. The van der Waals surface area contributed by atoms with E-state index < -0.39 is 23.2 Å². The number of hydrogen-bond acceptors (Lipinski definition) is 7. The predicted molar refractivity (Wildman–Crippen MR) is 148 cm³/mol. The summed E-state index contributed by atoms with van der Waals surface area (Å²) in [6, 6.07) is 18.4. The van der Waals surface area contributed by atoms with Crippen LogP contribution in [0.15, 0.2) is 70.8 Å². The molecule has 2 heterocycles. The molecule has 0 aliphatic rings. The van der Waals surface area contributed by atoms with Crippen molar-refractivity contribution in [1.82, 2.24) is 4.57 Å². The van der Waals surface area contributed by atoms with Crippen molar-refractivity contribution in [2.45, 2.75) is 46.4 Å². The molecule has 0 atom stereocenters. The number of rotatable bonds is 8. The molecule has 8 nitrogen and oxygen atoms in total. The van der Waals surface area contributed by atoms with Crippen LogP contribution in [0, 0.1) is 0 Å². The molecule has 4 rings (SSSR count). The van der Waals surface area contributed by atoms with Gasteiger partial charge in [-0.25, -0.2) is 9.59 Å². The normalized spacial score (nSPS) is 11.3. The van der Waals surface area contributed by atoms with Gasteiger partial charge in [0.25, 0.3) is 5.56 Å². The number of hydrogen-bond donors (Lipinski definition) is 1. The predicted octanol–water partition coefficient (Wildman–Crippen LogP) is 6.21. The van der Waals surface area contributed by atoms with Crippen molar-refractivity contribution in [2.24, 2.45) is 0 Å². The Hall–Kier alpha value is -4.11. The summed E-state index contributed by atoms with van der Waals surface area (Å²) in [7, 11) is 0. The largest absolute Gasteiger partial charge is 0.482 e. The first-order valence-electron chi connectivity index (χ1n) is 12.2. The van der Waals surface area contributed by atoms with Crippen molar-refractivity contribution in [3.8, 4) is 5.75 Å². The molecule has 2 aromatic carbocycles. The van der Waals surface area contributed by atoms with Gasteiger partial charge in [0.15, 0.2) is 0 Å². The first-order chi connectivity index (χ1) is 18.2. The fourth-order valence-corrected chi connectivity index (χ4v) is 4.78. The minimum absolute atomic E-state index is 0.0366. The van der Waals surface area contributed by atoms with E-state index in [0.717, 1.165) is 11.1 Å². The van der Waals surface area contributed by atoms with Gasteiger partial charge in [-0.05, 0) is 62.4 Å². The third-order valence-corrected chi connectivity index (χ3v) is 6.40. The first kappa shape index (κ1) is 26.9. The van der Waals surface area contributed by atoms with Crippen LogP contribution < -0.4 is 15.6 Å². The number of aromatic nitrogens is 1. The second-order valence-electron chi connectivity index (χ2n) is 9.55. The topological polar surface area (TPSA) is 95.9 Å². The summed E-state index contributed by atoms with van der Waals surface area (Å²) < 4.78 is 18.8. The van der Waals surface area contributed by atoms with Gasteiger partial charge in [0.2, 0.25) is 5.75 Å². The summed E-state index contributed by atoms with van der Waals surface area (Å²) in [4.78, 5) is 38.7. The number of carbonyl (C=O) groups excluding carboxylic acids is 2. The molecule has 0 unspecified atom stereocenters. The molecule has 1 amide bonds. The molecule has 0 fully saturated rings. The van der Waals surface area contributed by atoms with Gasteiger partial charge in [-0.15, -0.1) is 11.3 Å². The summed E-state index contributed by atoms with van der Waals surface area (Å²) in [6.45, 7) is 7.65. The summed E-state index contributed by atoms with van der Waals surface area (Å²) in [6.07, 6.45) is -0.545. The molecule has 0 bridgehead atoms. The Morgan fingerprint density at radius 2 is 1.68 bits per heavy atom. The molecule has 198 valence electrons. The highest BCUT2D eigenvalue weighted by Gasteiger charge is 2.26. The van der Waals surface area contributed by atoms with Crippen LogP contribution in [0.5, 0.6) is 5.75 Å². The van der Waals surface area contributed by atoms with Crippen molar-refractivity contribution < 1.29 is 23.8 Å². The first-order valence-corrected chi connectivity index (χ1v) is 13.1. The van der Waals surface area contributed by atoms with Crippen molar-refractivity contribution in [1.29, 1.82) is 0 Å². The lowest BCUT2D eigenvalue weighted by molar-refractivity contribution is 0.0522. The van der Waals surface area contributed by atoms with Gasteiger partial charge in [-0.1, -0.05) is 42.5 Å². The maximum atomic E-state index is 13.7. The average molecular weight is 535 g/mol. The van der Waals surface area contributed by atoms with Crippen molar-refractivity contribution in [3.05, 3.63) is 93.1 Å². The second-order valence-corrected chi connectivity index (χ2v) is 10.5. The molecule has 9 heteroatoms. The zero-order valence-electron chi connectivity index (χ0n) is 21.8. The number of ether oxygens (including phenoxy) is 3. The quantitative estimate of drug-likeness (QED) is 0.270. The van der Waals surface area contributed by atoms with Crippen LogP contribution in [0.3, 0.4) is 0 Å². The lowest BCUT2D eigenvalue weighted by Crippen LogP contribution is -2.27. The van der Waals surface area contributed by atoms with E-state index in [0.29, 0.717) is 15.9 Å². The van der Waals surface area contributed by atoms with E-state index in [4.69, 9.17) is 14.2 Å². The molecule has 0 saturated heterocycles. The Kier molecular flexibility index (Phi) is 8.16. The molecule has 0 saturated carbocycles. The van der Waals surface area contributed by atoms with Gasteiger partial charge in [-0.3, -0.25) is 14.7 Å². The van der Waals surface area contributed by atoms with Crippen LogP contribution in [-0.2, 0) is 22.6 Å². The number of carbonyl (C=O) groups is 2. The lowest BCUT2D eigenvalue weighted by atomic mass is 10.1. The number of nitrogens with one attached hydrogen (secondary N) is 1. The van der Waals surface area contributed by atoms with Gasteiger partial charge >= 0.3 is 12.1 Å². The third-order valence-electron chi connectivity index (χ3n) is 5.47. The zero-order valence-corrected chi connectivity index (χ0v) is 22.6. The van der Waals surface area contributed by atoms with Crippen molar-refractivity contribution >= 4 is 39.3 Å². The Morgan fingerprint density at radius 1 is 0.974 bits per heavy atom. The Balaban J connectivity index is 1.67. The minimum Gasteiger partial charge on any atom is -0.482 e. The number of amides is 1. The van der Waals surface area contributed by atoms with Crippen LogP contribution >= 0.6 is 11.3 Å². The van der Waals surface area contributed by atoms with Crippen molar-refractivity contribution in [3.63, 3.8) is 0 Å². The summed E-state index contributed by atoms with van der Waals surface area (Å²) >= 11 is 1.35. The number of nitrogens with zero attached hydrogens (tertiary/aromatic N) is 1. The van der Waals surface area contributed by atoms with E-state index in [2.05, 4.69) is 5.32 Å². The molecule has 1 N–H and O–H groups in total. The van der Waals surface area contributed by atoms with Gasteiger partial charge in [-0.2, -0.15) is 0 Å². The van der Waals surface area contributed by atoms with E-state index in [1.54, 1.807) is 44.4 Å². The minimum atomic E-state index is -0.604. The summed E-state index contributed by atoms with van der Waals surface area (Å²) in [5.74, 6) is -0.629. The number of esters is 1. The van der Waals surface area contributed by atoms with E-state index in [-0.39, 0.29) is 31.1 Å². The fourth-order valence-electron chi connectivity index (χ4n) is 3.85. The fraction of sp³-hybridized carbons (Fsp3) is 0.276. The van der Waals surface area contributed by atoms with Crippen LogP contribution in [-0.4, -0.2) is 28.8 Å². The SMILES string of the molecule is CCOC(=O)c1c(OCc2ccccc2)c(=O)n(Cc2ccc(NC(=O)OC(C)(C)C)cc2)c2ccsc12. The maximum Gasteiger partial charge on any atom is 0.412 e. The van der Waals surface area contributed by atoms with Gasteiger partial charge < -0.3 is 14.2 Å². The van der Waals surface area contributed by atoms with Crippen LogP contribution in [0.1, 0.15) is 49.2 Å². The number of pyridine rings is 1. The number of fused-ring (bicyclic) bond motifs is 1. The van der Waals surface area contributed by atoms with E-state index in [9.17, 15) is 14.4 Å². The van der Waals surface area contributed by atoms with E-state index in [1.807, 2.05) is 53.9 Å². The smallest absolute Gasteiger partial charge is 0.412 e. The number of anilines is 1. The molecular formula is C29H30N2O6S. The molecule has 38 heavy (non-hydrogen) atoms. The standard InChI is InChI=1S/C29H30N2O6S/c1-5-35-27(33)23-24(36-18-20-9-7-6-8-10-20)26(32)31(22-15-16-38-25(22)23)17-19-11-13-21(14-12-19)30-28(34)37-29(2,3)4/h6-16H,5,17-18H2,1-4H3,(H,30,34). The van der Waals surface area contributed by atoms with E-state index >= 15 is 0 Å². The average Bonchev–Trinajstić information content (AvgIpc) is 3.34. The lowest BCUT2D eigenvalue weighted by Gasteiger charge is -2.19. The van der Waals surface area contributed by atoms with E-state index in [1.165, 1.54) is 11.3 Å². The summed E-state index contributed by atoms with van der Waals surface area (Å²) in [5, 5.41) is 4.53. The molecule has 0 aliphatic heterocycles. The molecule has 0 aliphatic carbocycles. The number of thiophene rings is 1. The molecule has 0 radical (unpaired) electrons. The third kappa shape index (κ3) is 6.41. The van der Waals surface area contributed by atoms with Crippen LogP contribution in [0.25, 0.3) is 10.2 Å². The Morgan fingerprint density at radius 3 is 2.34 bits per heavy atom. The Bertz CT molecular complexity index is 1480. The molecule has 0 spiro atoms. The highest BCUT2D eigenvalue weighted by Crippen LogP contribution is 2.31. The molecule has 4 aromatic rings. The van der Waals surface area contributed by atoms with Crippen LogP contribution in [0.2, 0.25) is 0 Å². The monoisotopic (exact) mass is 534 g/mol. The Labute approximate surface area is 224 Å². The van der Waals surface area contributed by atoms with Crippen molar-refractivity contribution in [2.75, 3.05) is 11.9 Å². The number of benzene rings is 2.